The lowest BCUT2D eigenvalue weighted by atomic mass is 10.4. The number of nitrogens with one attached hydrogen (secondary N) is 1. The summed E-state index contributed by atoms with van der Waals surface area (Å²) in [5, 5.41) is 2.90. The zero-order valence-corrected chi connectivity index (χ0v) is 10.3. The average molecular weight is 262 g/mol. The third kappa shape index (κ3) is 4.67. The summed E-state index contributed by atoms with van der Waals surface area (Å²) in [5.74, 6) is 0.276. The summed E-state index contributed by atoms with van der Waals surface area (Å²) in [7, 11) is -0.825. The van der Waals surface area contributed by atoms with Crippen molar-refractivity contribution in [2.75, 3.05) is 18.6 Å². The molecule has 1 aromatic heterocycles. The summed E-state index contributed by atoms with van der Waals surface area (Å²) in [6.07, 6.45) is 4.94. The van der Waals surface area contributed by atoms with E-state index in [-0.39, 0.29) is 16.8 Å². The molecule has 0 saturated carbocycles. The van der Waals surface area contributed by atoms with Crippen molar-refractivity contribution in [2.24, 2.45) is 0 Å². The molecule has 7 heteroatoms. The molecule has 1 heterocycles. The first-order valence-corrected chi connectivity index (χ1v) is 6.76. The lowest BCUT2D eigenvalue weighted by Gasteiger charge is -2.03. The molecule has 5 nitrogen and oxygen atoms in total. The van der Waals surface area contributed by atoms with Crippen LogP contribution in [-0.4, -0.2) is 38.6 Å². The predicted octanol–water partition coefficient (Wildman–Crippen LogP) is 0.628. The number of hydrogen-bond donors (Lipinski definition) is 1. The van der Waals surface area contributed by atoms with Crippen molar-refractivity contribution < 1.29 is 9.00 Å². The molecule has 0 aliphatic rings. The van der Waals surface area contributed by atoms with Gasteiger partial charge in [0.1, 0.15) is 10.8 Å². The monoisotopic (exact) mass is 261 g/mol. The van der Waals surface area contributed by atoms with Gasteiger partial charge in [-0.3, -0.25) is 9.00 Å². The second-order valence-corrected chi connectivity index (χ2v) is 5.05. The zero-order valence-electron chi connectivity index (χ0n) is 8.77. The van der Waals surface area contributed by atoms with Crippen molar-refractivity contribution in [1.82, 2.24) is 15.3 Å². The van der Waals surface area contributed by atoms with Crippen LogP contribution in [0.3, 0.4) is 0 Å². The Bertz CT molecular complexity index is 383. The van der Waals surface area contributed by atoms with Crippen molar-refractivity contribution in [3.63, 3.8) is 0 Å². The Morgan fingerprint density at radius 2 is 2.25 bits per heavy atom. The van der Waals surface area contributed by atoms with E-state index < -0.39 is 10.8 Å². The fourth-order valence-corrected chi connectivity index (χ4v) is 1.65. The van der Waals surface area contributed by atoms with Crippen LogP contribution in [0.25, 0.3) is 0 Å². The Kier molecular flexibility index (Phi) is 5.34. The summed E-state index contributed by atoms with van der Waals surface area (Å²) in [6.45, 7) is 0.475. The van der Waals surface area contributed by atoms with Crippen molar-refractivity contribution in [1.29, 1.82) is 0 Å². The van der Waals surface area contributed by atoms with Gasteiger partial charge in [0.05, 0.1) is 12.4 Å². The minimum atomic E-state index is -0.825. The van der Waals surface area contributed by atoms with Crippen LogP contribution in [0.4, 0.5) is 0 Å². The van der Waals surface area contributed by atoms with Gasteiger partial charge in [0, 0.05) is 29.4 Å². The first kappa shape index (κ1) is 13.1. The summed E-state index contributed by atoms with van der Waals surface area (Å²) in [5.41, 5.74) is 0.224. The van der Waals surface area contributed by atoms with E-state index in [4.69, 9.17) is 11.6 Å². The van der Waals surface area contributed by atoms with Crippen LogP contribution < -0.4 is 5.32 Å². The molecule has 88 valence electrons. The molecule has 1 N–H and O–H groups in total. The topological polar surface area (TPSA) is 72.0 Å². The Morgan fingerprint density at radius 1 is 1.50 bits per heavy atom. The Morgan fingerprint density at radius 3 is 2.81 bits per heavy atom. The summed E-state index contributed by atoms with van der Waals surface area (Å²) < 4.78 is 10.8. The molecule has 16 heavy (non-hydrogen) atoms. The molecule has 0 aliphatic heterocycles. The van der Waals surface area contributed by atoms with Gasteiger partial charge in [-0.1, -0.05) is 11.6 Å². The maximum Gasteiger partial charge on any atom is 0.271 e. The fraction of sp³-hybridized carbons (Fsp3) is 0.444. The highest BCUT2D eigenvalue weighted by Gasteiger charge is 2.06. The van der Waals surface area contributed by atoms with Crippen molar-refractivity contribution in [2.45, 2.75) is 6.42 Å². The number of amides is 1. The summed E-state index contributed by atoms with van der Waals surface area (Å²) in [6, 6.07) is 0. The normalized spacial score (nSPS) is 12.1. The van der Waals surface area contributed by atoms with E-state index in [1.165, 1.54) is 12.4 Å². The average Bonchev–Trinajstić information content (AvgIpc) is 2.25. The summed E-state index contributed by atoms with van der Waals surface area (Å²) >= 11 is 5.54. The van der Waals surface area contributed by atoms with Crippen molar-refractivity contribution >= 4 is 28.3 Å². The number of halogens is 1. The highest BCUT2D eigenvalue weighted by molar-refractivity contribution is 7.84. The Balaban J connectivity index is 2.35. The van der Waals surface area contributed by atoms with E-state index in [0.717, 1.165) is 0 Å². The molecule has 1 amide bonds. The molecule has 0 aromatic carbocycles. The van der Waals surface area contributed by atoms with Crippen LogP contribution in [0.5, 0.6) is 0 Å². The van der Waals surface area contributed by atoms with Crippen LogP contribution in [0.2, 0.25) is 5.15 Å². The van der Waals surface area contributed by atoms with Gasteiger partial charge in [-0.15, -0.1) is 0 Å². The number of carbonyl (C=O) groups excluding carboxylic acids is 1. The minimum absolute atomic E-state index is 0.224. The maximum atomic E-state index is 11.5. The third-order valence-electron chi connectivity index (χ3n) is 1.75. The predicted molar refractivity (Wildman–Crippen MR) is 62.9 cm³/mol. The van der Waals surface area contributed by atoms with Gasteiger partial charge in [-0.25, -0.2) is 9.97 Å². The van der Waals surface area contributed by atoms with E-state index in [0.29, 0.717) is 18.7 Å². The standard InChI is InChI=1S/C9H12ClN3O2S/c1-16(15)4-2-3-11-9(14)7-5-13-8(10)6-12-7/h5-6H,2-4H2,1H3,(H,11,14). The largest absolute Gasteiger partial charge is 0.351 e. The van der Waals surface area contributed by atoms with Crippen LogP contribution in [0.1, 0.15) is 16.9 Å². The van der Waals surface area contributed by atoms with Gasteiger partial charge in [0.25, 0.3) is 5.91 Å². The van der Waals surface area contributed by atoms with Crippen LogP contribution in [0, 0.1) is 0 Å². The third-order valence-corrected chi connectivity index (χ3v) is 2.81. The van der Waals surface area contributed by atoms with Gasteiger partial charge in [0.15, 0.2) is 0 Å². The maximum absolute atomic E-state index is 11.5. The van der Waals surface area contributed by atoms with E-state index in [9.17, 15) is 9.00 Å². The van der Waals surface area contributed by atoms with Crippen LogP contribution >= 0.6 is 11.6 Å². The highest BCUT2D eigenvalue weighted by Crippen LogP contribution is 2.00. The number of carbonyl (C=O) groups is 1. The fourth-order valence-electron chi connectivity index (χ4n) is 0.997. The van der Waals surface area contributed by atoms with E-state index in [1.807, 2.05) is 0 Å². The quantitative estimate of drug-likeness (QED) is 0.789. The van der Waals surface area contributed by atoms with E-state index >= 15 is 0 Å². The SMILES string of the molecule is CS(=O)CCCNC(=O)c1cnc(Cl)cn1. The van der Waals surface area contributed by atoms with Gasteiger partial charge >= 0.3 is 0 Å². The molecule has 0 aliphatic carbocycles. The molecule has 0 radical (unpaired) electrons. The molecular weight excluding hydrogens is 250 g/mol. The van der Waals surface area contributed by atoms with Crippen LogP contribution in [0.15, 0.2) is 12.4 Å². The Hall–Kier alpha value is -1.01. The van der Waals surface area contributed by atoms with E-state index in [1.54, 1.807) is 6.26 Å². The molecule has 0 saturated heterocycles. The molecule has 1 aromatic rings. The Labute approximate surface area is 101 Å². The molecule has 0 spiro atoms. The lowest BCUT2D eigenvalue weighted by Crippen LogP contribution is -2.26. The number of aromatic nitrogens is 2. The van der Waals surface area contributed by atoms with Crippen LogP contribution in [-0.2, 0) is 10.8 Å². The van der Waals surface area contributed by atoms with Gasteiger partial charge in [0.2, 0.25) is 0 Å². The zero-order chi connectivity index (χ0) is 12.0. The van der Waals surface area contributed by atoms with Crippen molar-refractivity contribution in [3.05, 3.63) is 23.2 Å². The minimum Gasteiger partial charge on any atom is -0.351 e. The molecule has 1 rings (SSSR count). The van der Waals surface area contributed by atoms with Crippen molar-refractivity contribution in [3.8, 4) is 0 Å². The number of nitrogens with zero attached hydrogens (tertiary/aromatic N) is 2. The van der Waals surface area contributed by atoms with Gasteiger partial charge in [-0.2, -0.15) is 0 Å². The molecule has 1 unspecified atom stereocenters. The molecule has 1 atom stereocenters. The molecule has 0 fully saturated rings. The van der Waals surface area contributed by atoms with Gasteiger partial charge in [-0.05, 0) is 6.42 Å². The molecular formula is C9H12ClN3O2S. The highest BCUT2D eigenvalue weighted by atomic mass is 35.5. The number of hydrogen-bond acceptors (Lipinski definition) is 4. The van der Waals surface area contributed by atoms with E-state index in [2.05, 4.69) is 15.3 Å². The van der Waals surface area contributed by atoms with Gasteiger partial charge < -0.3 is 5.32 Å². The second-order valence-electron chi connectivity index (χ2n) is 3.11. The number of rotatable bonds is 5. The summed E-state index contributed by atoms with van der Waals surface area (Å²) in [4.78, 5) is 19.0. The first-order valence-electron chi connectivity index (χ1n) is 4.65. The molecule has 0 bridgehead atoms. The lowest BCUT2D eigenvalue weighted by molar-refractivity contribution is 0.0948. The second kappa shape index (κ2) is 6.55. The smallest absolute Gasteiger partial charge is 0.271 e. The first-order chi connectivity index (χ1) is 7.59.